The molecule has 0 amide bonds. The van der Waals surface area contributed by atoms with Crippen molar-refractivity contribution in [1.29, 1.82) is 5.26 Å². The van der Waals surface area contributed by atoms with Crippen LogP contribution in [0.25, 0.3) is 0 Å². The van der Waals surface area contributed by atoms with E-state index in [4.69, 9.17) is 9.78 Å². The van der Waals surface area contributed by atoms with Crippen molar-refractivity contribution in [3.63, 3.8) is 0 Å². The number of hydrogen-bond acceptors (Lipinski definition) is 4. The monoisotopic (exact) mass is 235 g/mol. The Morgan fingerprint density at radius 2 is 2.18 bits per heavy atom. The summed E-state index contributed by atoms with van der Waals surface area (Å²) in [7, 11) is 0. The van der Waals surface area contributed by atoms with E-state index in [9.17, 15) is 8.78 Å². The second-order valence-electron chi connectivity index (χ2n) is 3.35. The van der Waals surface area contributed by atoms with E-state index in [-0.39, 0.29) is 30.1 Å². The van der Waals surface area contributed by atoms with E-state index in [1.807, 2.05) is 6.07 Å². The number of nitrogens with zero attached hydrogens (tertiary/aromatic N) is 3. The molecule has 17 heavy (non-hydrogen) atoms. The second-order valence-corrected chi connectivity index (χ2v) is 3.35. The first-order chi connectivity index (χ1) is 8.19. The maximum atomic E-state index is 13.3. The highest BCUT2D eigenvalue weighted by atomic mass is 19.1. The molecule has 0 bridgehead atoms. The lowest BCUT2D eigenvalue weighted by Crippen LogP contribution is -1.95. The highest BCUT2D eigenvalue weighted by Gasteiger charge is 2.10. The van der Waals surface area contributed by atoms with Gasteiger partial charge in [-0.1, -0.05) is 11.2 Å². The van der Waals surface area contributed by atoms with Gasteiger partial charge >= 0.3 is 0 Å². The molecule has 1 aromatic carbocycles. The molecule has 0 N–H and O–H groups in total. The number of benzene rings is 1. The number of nitriles is 1. The molecule has 0 unspecified atom stereocenters. The van der Waals surface area contributed by atoms with Crippen molar-refractivity contribution in [2.24, 2.45) is 0 Å². The van der Waals surface area contributed by atoms with Gasteiger partial charge in [-0.2, -0.15) is 10.2 Å². The molecule has 2 aromatic rings. The van der Waals surface area contributed by atoms with Crippen molar-refractivity contribution < 1.29 is 13.3 Å². The number of halogens is 2. The Morgan fingerprint density at radius 3 is 2.88 bits per heavy atom. The number of aromatic nitrogens is 2. The van der Waals surface area contributed by atoms with Crippen molar-refractivity contribution in [3.05, 3.63) is 47.1 Å². The van der Waals surface area contributed by atoms with Crippen LogP contribution in [0, 0.1) is 23.0 Å². The molecule has 1 heterocycles. The summed E-state index contributed by atoms with van der Waals surface area (Å²) in [6.45, 7) is 0. The Morgan fingerprint density at radius 1 is 1.35 bits per heavy atom. The topological polar surface area (TPSA) is 62.7 Å². The summed E-state index contributed by atoms with van der Waals surface area (Å²) in [6.07, 6.45) is 0.111. The average molecular weight is 235 g/mol. The predicted molar refractivity (Wildman–Crippen MR) is 52.8 cm³/mol. The zero-order valence-corrected chi connectivity index (χ0v) is 8.65. The van der Waals surface area contributed by atoms with Crippen LogP contribution in [0.4, 0.5) is 8.78 Å². The summed E-state index contributed by atoms with van der Waals surface area (Å²) in [6, 6.07) is 5.14. The predicted octanol–water partition coefficient (Wildman–Crippen LogP) is 2.00. The van der Waals surface area contributed by atoms with Crippen LogP contribution in [0.15, 0.2) is 22.7 Å². The van der Waals surface area contributed by atoms with Crippen LogP contribution < -0.4 is 0 Å². The van der Waals surface area contributed by atoms with E-state index in [0.29, 0.717) is 0 Å². The summed E-state index contributed by atoms with van der Waals surface area (Å²) in [4.78, 5) is 3.90. The Bertz CT molecular complexity index is 574. The van der Waals surface area contributed by atoms with E-state index in [0.717, 1.165) is 12.1 Å². The SMILES string of the molecule is N#CCc1nc(Cc2ccc(F)cc2F)no1. The average Bonchev–Trinajstić information content (AvgIpc) is 2.71. The first kappa shape index (κ1) is 11.2. The zero-order valence-electron chi connectivity index (χ0n) is 8.65. The van der Waals surface area contributed by atoms with Crippen LogP contribution in [0.5, 0.6) is 0 Å². The van der Waals surface area contributed by atoms with Crippen molar-refractivity contribution in [2.45, 2.75) is 12.8 Å². The Kier molecular flexibility index (Phi) is 3.10. The molecule has 86 valence electrons. The van der Waals surface area contributed by atoms with E-state index >= 15 is 0 Å². The van der Waals surface area contributed by atoms with Gasteiger partial charge in [0, 0.05) is 12.5 Å². The van der Waals surface area contributed by atoms with Gasteiger partial charge in [-0.3, -0.25) is 0 Å². The lowest BCUT2D eigenvalue weighted by molar-refractivity contribution is 0.382. The fraction of sp³-hybridized carbons (Fsp3) is 0.182. The van der Waals surface area contributed by atoms with E-state index in [1.165, 1.54) is 6.07 Å². The minimum Gasteiger partial charge on any atom is -0.338 e. The minimum absolute atomic E-state index is 0.0128. The van der Waals surface area contributed by atoms with Crippen molar-refractivity contribution >= 4 is 0 Å². The third kappa shape index (κ3) is 2.64. The fourth-order valence-electron chi connectivity index (χ4n) is 1.34. The molecular weight excluding hydrogens is 228 g/mol. The van der Waals surface area contributed by atoms with Crippen molar-refractivity contribution in [1.82, 2.24) is 10.1 Å². The molecule has 0 saturated heterocycles. The molecule has 0 aliphatic heterocycles. The molecule has 0 fully saturated rings. The summed E-state index contributed by atoms with van der Waals surface area (Å²) in [5.41, 5.74) is 0.274. The van der Waals surface area contributed by atoms with Gasteiger partial charge in [-0.15, -0.1) is 0 Å². The second kappa shape index (κ2) is 4.70. The van der Waals surface area contributed by atoms with Gasteiger partial charge in [0.25, 0.3) is 0 Å². The Hall–Kier alpha value is -2.29. The lowest BCUT2D eigenvalue weighted by Gasteiger charge is -1.98. The molecular formula is C11H7F2N3O. The van der Waals surface area contributed by atoms with Crippen LogP contribution in [-0.2, 0) is 12.8 Å². The molecule has 2 rings (SSSR count). The van der Waals surface area contributed by atoms with Crippen LogP contribution in [0.2, 0.25) is 0 Å². The zero-order chi connectivity index (χ0) is 12.3. The molecule has 0 saturated carbocycles. The van der Waals surface area contributed by atoms with Crippen LogP contribution in [0.3, 0.4) is 0 Å². The quantitative estimate of drug-likeness (QED) is 0.816. The Labute approximate surface area is 95.5 Å². The molecule has 1 aromatic heterocycles. The van der Waals surface area contributed by atoms with Gasteiger partial charge in [0.05, 0.1) is 6.07 Å². The number of rotatable bonds is 3. The van der Waals surface area contributed by atoms with Crippen LogP contribution in [-0.4, -0.2) is 10.1 Å². The van der Waals surface area contributed by atoms with Gasteiger partial charge in [-0.25, -0.2) is 8.78 Å². The molecule has 0 aliphatic carbocycles. The van der Waals surface area contributed by atoms with E-state index in [1.54, 1.807) is 0 Å². The third-order valence-electron chi connectivity index (χ3n) is 2.10. The first-order valence-electron chi connectivity index (χ1n) is 4.81. The Balaban J connectivity index is 2.17. The summed E-state index contributed by atoms with van der Waals surface area (Å²) >= 11 is 0. The minimum atomic E-state index is -0.656. The van der Waals surface area contributed by atoms with Crippen LogP contribution in [0.1, 0.15) is 17.3 Å². The highest BCUT2D eigenvalue weighted by molar-refractivity contribution is 5.21. The van der Waals surface area contributed by atoms with Gasteiger partial charge in [-0.05, 0) is 11.6 Å². The van der Waals surface area contributed by atoms with Crippen LogP contribution >= 0.6 is 0 Å². The molecule has 6 heteroatoms. The molecule has 0 radical (unpaired) electrons. The van der Waals surface area contributed by atoms with E-state index in [2.05, 4.69) is 10.1 Å². The van der Waals surface area contributed by atoms with Crippen molar-refractivity contribution in [3.8, 4) is 6.07 Å². The van der Waals surface area contributed by atoms with E-state index < -0.39 is 11.6 Å². The summed E-state index contributed by atoms with van der Waals surface area (Å²) < 4.78 is 30.7. The fourth-order valence-corrected chi connectivity index (χ4v) is 1.34. The first-order valence-corrected chi connectivity index (χ1v) is 4.81. The maximum absolute atomic E-state index is 13.3. The van der Waals surface area contributed by atoms with Gasteiger partial charge in [0.2, 0.25) is 5.89 Å². The lowest BCUT2D eigenvalue weighted by atomic mass is 10.1. The number of hydrogen-bond donors (Lipinski definition) is 0. The largest absolute Gasteiger partial charge is 0.338 e. The molecule has 4 nitrogen and oxygen atoms in total. The maximum Gasteiger partial charge on any atom is 0.240 e. The van der Waals surface area contributed by atoms with Gasteiger partial charge in [0.1, 0.15) is 18.1 Å². The standard InChI is InChI=1S/C11H7F2N3O/c12-8-2-1-7(9(13)6-8)5-10-15-11(3-4-14)17-16-10/h1-2,6H,3,5H2. The smallest absolute Gasteiger partial charge is 0.240 e. The third-order valence-corrected chi connectivity index (χ3v) is 2.10. The molecule has 0 atom stereocenters. The molecule has 0 spiro atoms. The summed E-state index contributed by atoms with van der Waals surface area (Å²) in [5.74, 6) is -0.841. The summed E-state index contributed by atoms with van der Waals surface area (Å²) in [5, 5.41) is 12.0. The molecule has 0 aliphatic rings. The highest BCUT2D eigenvalue weighted by Crippen LogP contribution is 2.13. The normalized spacial score (nSPS) is 10.2. The van der Waals surface area contributed by atoms with Crippen molar-refractivity contribution in [2.75, 3.05) is 0 Å². The van der Waals surface area contributed by atoms with Gasteiger partial charge in [0.15, 0.2) is 5.82 Å². The van der Waals surface area contributed by atoms with Gasteiger partial charge < -0.3 is 4.52 Å².